The van der Waals surface area contributed by atoms with Gasteiger partial charge in [-0.25, -0.2) is 8.42 Å². The molecule has 0 aromatic heterocycles. The van der Waals surface area contributed by atoms with Crippen LogP contribution in [-0.4, -0.2) is 8.42 Å². The van der Waals surface area contributed by atoms with Crippen LogP contribution in [0, 0.1) is 0 Å². The Morgan fingerprint density at radius 2 is 1.42 bits per heavy atom. The number of rotatable bonds is 3. The molecule has 0 spiro atoms. The number of alkyl halides is 6. The largest absolute Gasteiger partial charge is 0.417 e. The van der Waals surface area contributed by atoms with Gasteiger partial charge in [-0.2, -0.15) is 26.3 Å². The molecule has 2 rings (SSSR count). The highest BCUT2D eigenvalue weighted by Crippen LogP contribution is 2.37. The van der Waals surface area contributed by atoms with Crippen molar-refractivity contribution >= 4 is 38.9 Å². The van der Waals surface area contributed by atoms with Crippen LogP contribution in [0.25, 0.3) is 0 Å². The lowest BCUT2D eigenvalue weighted by atomic mass is 10.2. The average Bonchev–Trinajstić information content (AvgIpc) is 2.46. The third-order valence-corrected chi connectivity index (χ3v) is 5.09. The second-order valence-corrected chi connectivity index (χ2v) is 7.43. The molecule has 12 heteroatoms. The van der Waals surface area contributed by atoms with Gasteiger partial charge in [0, 0.05) is 0 Å². The molecule has 0 amide bonds. The Morgan fingerprint density at radius 1 is 0.808 bits per heavy atom. The SMILES string of the molecule is O=S(=O)(Nc1ccc(C(F)(F)F)cc1Cl)c1ccc(C(F)(F)F)c(Cl)c1. The maximum Gasteiger partial charge on any atom is 0.417 e. The van der Waals surface area contributed by atoms with Gasteiger partial charge in [-0.15, -0.1) is 0 Å². The van der Waals surface area contributed by atoms with Crippen molar-refractivity contribution in [2.24, 2.45) is 0 Å². The average molecular weight is 438 g/mol. The first-order valence-electron chi connectivity index (χ1n) is 6.48. The molecule has 0 saturated heterocycles. The van der Waals surface area contributed by atoms with Gasteiger partial charge in [0.05, 0.1) is 31.8 Å². The third kappa shape index (κ3) is 4.54. The first-order valence-corrected chi connectivity index (χ1v) is 8.72. The minimum atomic E-state index is -4.77. The van der Waals surface area contributed by atoms with Gasteiger partial charge in [0.15, 0.2) is 0 Å². The first kappa shape index (κ1) is 20.7. The zero-order chi connectivity index (χ0) is 19.9. The van der Waals surface area contributed by atoms with Gasteiger partial charge in [0.1, 0.15) is 0 Å². The van der Waals surface area contributed by atoms with Crippen LogP contribution in [0.1, 0.15) is 11.1 Å². The smallest absolute Gasteiger partial charge is 0.278 e. The Kier molecular flexibility index (Phi) is 5.42. The van der Waals surface area contributed by atoms with E-state index in [0.29, 0.717) is 30.3 Å². The molecule has 0 heterocycles. The van der Waals surface area contributed by atoms with Crippen molar-refractivity contribution in [1.29, 1.82) is 0 Å². The van der Waals surface area contributed by atoms with Gasteiger partial charge in [0.25, 0.3) is 10.0 Å². The summed E-state index contributed by atoms with van der Waals surface area (Å²) < 4.78 is 102. The van der Waals surface area contributed by atoms with E-state index in [4.69, 9.17) is 23.2 Å². The number of nitrogens with one attached hydrogen (secondary N) is 1. The zero-order valence-corrected chi connectivity index (χ0v) is 14.5. The molecule has 0 aliphatic rings. The fraction of sp³-hybridized carbons (Fsp3) is 0.143. The van der Waals surface area contributed by atoms with Crippen LogP contribution < -0.4 is 4.72 Å². The molecule has 3 nitrogen and oxygen atoms in total. The molecule has 0 aliphatic heterocycles. The second kappa shape index (κ2) is 6.82. The van der Waals surface area contributed by atoms with Gasteiger partial charge in [0.2, 0.25) is 0 Å². The Balaban J connectivity index is 2.37. The van der Waals surface area contributed by atoms with Crippen molar-refractivity contribution in [2.75, 3.05) is 4.72 Å². The lowest BCUT2D eigenvalue weighted by Gasteiger charge is -2.14. The van der Waals surface area contributed by atoms with Crippen molar-refractivity contribution in [1.82, 2.24) is 0 Å². The van der Waals surface area contributed by atoms with E-state index in [-0.39, 0.29) is 5.69 Å². The monoisotopic (exact) mass is 437 g/mol. The van der Waals surface area contributed by atoms with Crippen molar-refractivity contribution in [3.63, 3.8) is 0 Å². The molecular formula is C14H7Cl2F6NO2S. The zero-order valence-electron chi connectivity index (χ0n) is 12.2. The molecule has 0 atom stereocenters. The van der Waals surface area contributed by atoms with Crippen LogP contribution in [-0.2, 0) is 22.4 Å². The number of halogens is 8. The number of anilines is 1. The van der Waals surface area contributed by atoms with Crippen molar-refractivity contribution in [3.05, 3.63) is 57.6 Å². The summed E-state index contributed by atoms with van der Waals surface area (Å²) in [7, 11) is -4.44. The molecule has 142 valence electrons. The Hall–Kier alpha value is -1.65. The van der Waals surface area contributed by atoms with Gasteiger partial charge in [-0.3, -0.25) is 4.72 Å². The summed E-state index contributed by atoms with van der Waals surface area (Å²) in [5.41, 5.74) is -2.70. The van der Waals surface area contributed by atoms with E-state index in [1.165, 1.54) is 0 Å². The number of sulfonamides is 1. The van der Waals surface area contributed by atoms with E-state index in [1.54, 1.807) is 0 Å². The van der Waals surface area contributed by atoms with Crippen molar-refractivity contribution in [3.8, 4) is 0 Å². The van der Waals surface area contributed by atoms with E-state index in [0.717, 1.165) is 6.07 Å². The lowest BCUT2D eigenvalue weighted by Crippen LogP contribution is -2.15. The summed E-state index contributed by atoms with van der Waals surface area (Å²) in [6.07, 6.45) is -9.45. The highest BCUT2D eigenvalue weighted by atomic mass is 35.5. The Morgan fingerprint density at radius 3 is 1.88 bits per heavy atom. The Bertz CT molecular complexity index is 941. The van der Waals surface area contributed by atoms with Gasteiger partial charge in [-0.05, 0) is 36.4 Å². The van der Waals surface area contributed by atoms with E-state index < -0.39 is 48.4 Å². The molecule has 0 aliphatic carbocycles. The molecular weight excluding hydrogens is 431 g/mol. The van der Waals surface area contributed by atoms with Gasteiger partial charge < -0.3 is 0 Å². The van der Waals surface area contributed by atoms with E-state index >= 15 is 0 Å². The molecule has 1 N–H and O–H groups in total. The molecule has 2 aromatic carbocycles. The topological polar surface area (TPSA) is 46.2 Å². The summed E-state index contributed by atoms with van der Waals surface area (Å²) in [4.78, 5) is -0.619. The predicted octanol–water partition coefficient (Wildman–Crippen LogP) is 5.83. The number of hydrogen-bond donors (Lipinski definition) is 1. The minimum Gasteiger partial charge on any atom is -0.278 e. The minimum absolute atomic E-state index is 0.379. The van der Waals surface area contributed by atoms with Gasteiger partial charge in [-0.1, -0.05) is 23.2 Å². The van der Waals surface area contributed by atoms with Crippen LogP contribution in [0.3, 0.4) is 0 Å². The van der Waals surface area contributed by atoms with Gasteiger partial charge >= 0.3 is 12.4 Å². The van der Waals surface area contributed by atoms with Crippen LogP contribution in [0.2, 0.25) is 10.0 Å². The maximum atomic E-state index is 12.7. The summed E-state index contributed by atoms with van der Waals surface area (Å²) in [6, 6.07) is 3.61. The summed E-state index contributed by atoms with van der Waals surface area (Å²) in [5, 5.41) is -1.39. The van der Waals surface area contributed by atoms with Crippen molar-refractivity contribution < 1.29 is 34.8 Å². The van der Waals surface area contributed by atoms with E-state index in [9.17, 15) is 34.8 Å². The molecule has 2 aromatic rings. The Labute approximate surface area is 153 Å². The number of benzene rings is 2. The molecule has 0 bridgehead atoms. The fourth-order valence-corrected chi connectivity index (χ4v) is 3.61. The van der Waals surface area contributed by atoms with Crippen LogP contribution in [0.5, 0.6) is 0 Å². The third-order valence-electron chi connectivity index (χ3n) is 3.10. The second-order valence-electron chi connectivity index (χ2n) is 4.94. The van der Waals surface area contributed by atoms with Crippen LogP contribution >= 0.6 is 23.2 Å². The first-order chi connectivity index (χ1) is 11.7. The fourth-order valence-electron chi connectivity index (χ4n) is 1.87. The molecule has 0 saturated carbocycles. The van der Waals surface area contributed by atoms with E-state index in [1.807, 2.05) is 4.72 Å². The number of hydrogen-bond acceptors (Lipinski definition) is 2. The predicted molar refractivity (Wildman–Crippen MR) is 83.7 cm³/mol. The standard InChI is InChI=1S/C14H7Cl2F6NO2S/c15-10-6-8(2-3-9(10)14(20,21)22)26(24,25)23-12-4-1-7(5-11(12)16)13(17,18)19/h1-6,23H. The molecule has 0 fully saturated rings. The highest BCUT2D eigenvalue weighted by molar-refractivity contribution is 7.92. The maximum absolute atomic E-state index is 12.7. The van der Waals surface area contributed by atoms with Crippen LogP contribution in [0.15, 0.2) is 41.3 Å². The summed E-state index contributed by atoms with van der Waals surface area (Å²) >= 11 is 11.1. The van der Waals surface area contributed by atoms with Crippen molar-refractivity contribution in [2.45, 2.75) is 17.2 Å². The molecule has 0 unspecified atom stereocenters. The summed E-state index contributed by atoms with van der Waals surface area (Å²) in [6.45, 7) is 0. The van der Waals surface area contributed by atoms with E-state index in [2.05, 4.69) is 0 Å². The highest BCUT2D eigenvalue weighted by Gasteiger charge is 2.34. The quantitative estimate of drug-likeness (QED) is 0.613. The summed E-state index contributed by atoms with van der Waals surface area (Å²) in [5.74, 6) is 0. The lowest BCUT2D eigenvalue weighted by molar-refractivity contribution is -0.138. The normalized spacial score (nSPS) is 12.9. The molecule has 26 heavy (non-hydrogen) atoms. The van der Waals surface area contributed by atoms with Crippen LogP contribution in [0.4, 0.5) is 32.0 Å². The molecule has 0 radical (unpaired) electrons.